The normalized spacial score (nSPS) is 18.8. The number of imidazole rings is 1. The number of primary amides is 1. The van der Waals surface area contributed by atoms with E-state index in [-0.39, 0.29) is 34.0 Å². The predicted molar refractivity (Wildman–Crippen MR) is 124 cm³/mol. The van der Waals surface area contributed by atoms with Gasteiger partial charge in [0.05, 0.1) is 21.9 Å². The minimum absolute atomic E-state index is 0.0258. The smallest absolute Gasteiger partial charge is 0.224 e. The molecule has 1 aromatic carbocycles. The lowest BCUT2D eigenvalue weighted by Gasteiger charge is -2.29. The van der Waals surface area contributed by atoms with Crippen LogP contribution in [0.15, 0.2) is 18.3 Å². The zero-order valence-corrected chi connectivity index (χ0v) is 19.2. The first-order chi connectivity index (χ1) is 15.2. The van der Waals surface area contributed by atoms with Crippen molar-refractivity contribution in [3.05, 3.63) is 34.2 Å². The van der Waals surface area contributed by atoms with Gasteiger partial charge in [0.25, 0.3) is 0 Å². The van der Waals surface area contributed by atoms with Crippen LogP contribution in [0.25, 0.3) is 11.2 Å². The lowest BCUT2D eigenvalue weighted by Crippen LogP contribution is -2.28. The number of amides is 1. The number of halogens is 3. The Morgan fingerprint density at radius 2 is 1.84 bits per heavy atom. The van der Waals surface area contributed by atoms with Crippen LogP contribution in [0.4, 0.5) is 22.0 Å². The molecule has 1 aliphatic rings. The van der Waals surface area contributed by atoms with Crippen LogP contribution in [0.2, 0.25) is 10.0 Å². The van der Waals surface area contributed by atoms with E-state index in [4.69, 9.17) is 28.9 Å². The highest BCUT2D eigenvalue weighted by Crippen LogP contribution is 2.39. The molecule has 2 heterocycles. The Labute approximate surface area is 194 Å². The van der Waals surface area contributed by atoms with Crippen LogP contribution >= 0.6 is 23.2 Å². The van der Waals surface area contributed by atoms with Gasteiger partial charge in [-0.05, 0) is 51.7 Å². The van der Waals surface area contributed by atoms with Crippen molar-refractivity contribution in [3.8, 4) is 0 Å². The molecule has 0 saturated heterocycles. The minimum Gasteiger partial charge on any atom is -0.369 e. The highest BCUT2D eigenvalue weighted by molar-refractivity contribution is 6.39. The van der Waals surface area contributed by atoms with Crippen molar-refractivity contribution in [1.82, 2.24) is 19.5 Å². The summed E-state index contributed by atoms with van der Waals surface area (Å²) in [6, 6.07) is 2.55. The van der Waals surface area contributed by atoms with E-state index in [9.17, 15) is 9.18 Å². The van der Waals surface area contributed by atoms with E-state index in [1.165, 1.54) is 12.1 Å². The summed E-state index contributed by atoms with van der Waals surface area (Å²) in [5.41, 5.74) is 7.09. The van der Waals surface area contributed by atoms with E-state index in [1.54, 1.807) is 6.20 Å². The van der Waals surface area contributed by atoms with Gasteiger partial charge in [-0.3, -0.25) is 9.36 Å². The molecule has 170 valence electrons. The zero-order valence-electron chi connectivity index (χ0n) is 17.7. The van der Waals surface area contributed by atoms with Gasteiger partial charge in [0.15, 0.2) is 5.65 Å². The molecule has 0 atom stereocenters. The van der Waals surface area contributed by atoms with Crippen molar-refractivity contribution in [2.45, 2.75) is 51.6 Å². The quantitative estimate of drug-likeness (QED) is 0.455. The molecule has 8 nitrogen and oxygen atoms in total. The van der Waals surface area contributed by atoms with Gasteiger partial charge in [0.1, 0.15) is 11.3 Å². The Morgan fingerprint density at radius 1 is 1.19 bits per heavy atom. The molecule has 0 unspecified atom stereocenters. The molecule has 4 N–H and O–H groups in total. The topological polar surface area (TPSA) is 111 Å². The maximum Gasteiger partial charge on any atom is 0.224 e. The Morgan fingerprint density at radius 3 is 2.44 bits per heavy atom. The number of nitrogens with zero attached hydrogens (tertiary/aromatic N) is 4. The monoisotopic (exact) mass is 479 g/mol. The lowest BCUT2D eigenvalue weighted by molar-refractivity contribution is -0.122. The first kappa shape index (κ1) is 22.5. The Balaban J connectivity index is 1.78. The summed E-state index contributed by atoms with van der Waals surface area (Å²) < 4.78 is 15.6. The van der Waals surface area contributed by atoms with Gasteiger partial charge in [0, 0.05) is 18.0 Å². The fourth-order valence-electron chi connectivity index (χ4n) is 4.04. The van der Waals surface area contributed by atoms with Crippen molar-refractivity contribution < 1.29 is 9.18 Å². The number of hydrogen-bond acceptors (Lipinski definition) is 6. The van der Waals surface area contributed by atoms with Gasteiger partial charge >= 0.3 is 0 Å². The summed E-state index contributed by atoms with van der Waals surface area (Å²) in [5.74, 6) is 0.0241. The third kappa shape index (κ3) is 4.59. The molecule has 1 amide bonds. The number of anilines is 3. The average Bonchev–Trinajstić information content (AvgIpc) is 3.07. The number of nitrogens with one attached hydrogen (secondary N) is 2. The first-order valence-corrected chi connectivity index (χ1v) is 11.2. The van der Waals surface area contributed by atoms with E-state index >= 15 is 0 Å². The van der Waals surface area contributed by atoms with Gasteiger partial charge in [-0.25, -0.2) is 14.4 Å². The van der Waals surface area contributed by atoms with Crippen LogP contribution in [0.1, 0.15) is 45.6 Å². The molecule has 1 aliphatic carbocycles. The largest absolute Gasteiger partial charge is 0.369 e. The third-order valence-electron chi connectivity index (χ3n) is 5.56. The lowest BCUT2D eigenvalue weighted by atomic mass is 9.85. The van der Waals surface area contributed by atoms with Crippen LogP contribution in [0.3, 0.4) is 0 Å². The molecule has 0 bridgehead atoms. The number of aromatic nitrogens is 4. The Hall–Kier alpha value is -2.65. The van der Waals surface area contributed by atoms with Crippen LogP contribution in [0, 0.1) is 11.7 Å². The van der Waals surface area contributed by atoms with Crippen LogP contribution in [-0.2, 0) is 4.79 Å². The molecular weight excluding hydrogens is 456 g/mol. The standard InChI is InChI=1S/C21H24Cl2FN7O/c1-10(2)27-20-26-9-16-19(30-20)31(13-5-3-11(4-6-13)18(25)32)21(28-16)29-17-14(22)7-12(24)8-15(17)23/h7-11,13H,3-6H2,1-2H3,(H2,25,32)(H,28,29)(H,26,27,30)/t11-,13-. The van der Waals surface area contributed by atoms with Crippen LogP contribution in [0.5, 0.6) is 0 Å². The number of carbonyl (C=O) groups is 1. The molecule has 4 rings (SSSR count). The fraction of sp³-hybridized carbons (Fsp3) is 0.429. The average molecular weight is 480 g/mol. The fourth-order valence-corrected chi connectivity index (χ4v) is 4.60. The van der Waals surface area contributed by atoms with E-state index in [0.29, 0.717) is 41.6 Å². The molecular formula is C21H24Cl2FN7O. The number of fused-ring (bicyclic) bond motifs is 1. The molecule has 32 heavy (non-hydrogen) atoms. The maximum atomic E-state index is 13.7. The molecule has 0 aliphatic heterocycles. The first-order valence-electron chi connectivity index (χ1n) is 10.4. The predicted octanol–water partition coefficient (Wildman–Crippen LogP) is 5.05. The maximum absolute atomic E-state index is 13.7. The van der Waals surface area contributed by atoms with E-state index < -0.39 is 5.82 Å². The number of carbonyl (C=O) groups excluding carboxylic acids is 1. The van der Waals surface area contributed by atoms with Crippen molar-refractivity contribution in [2.24, 2.45) is 11.7 Å². The van der Waals surface area contributed by atoms with Gasteiger partial charge in [0.2, 0.25) is 17.8 Å². The van der Waals surface area contributed by atoms with Gasteiger partial charge < -0.3 is 16.4 Å². The second-order valence-electron chi connectivity index (χ2n) is 8.28. The van der Waals surface area contributed by atoms with E-state index in [0.717, 1.165) is 12.8 Å². The van der Waals surface area contributed by atoms with Gasteiger partial charge in [-0.1, -0.05) is 23.2 Å². The summed E-state index contributed by atoms with van der Waals surface area (Å²) in [6.45, 7) is 4.00. The second-order valence-corrected chi connectivity index (χ2v) is 9.10. The van der Waals surface area contributed by atoms with Crippen LogP contribution < -0.4 is 16.4 Å². The number of benzene rings is 1. The Bertz CT molecular complexity index is 1140. The number of rotatable bonds is 6. The third-order valence-corrected chi connectivity index (χ3v) is 6.15. The van der Waals surface area contributed by atoms with Crippen molar-refractivity contribution in [1.29, 1.82) is 0 Å². The van der Waals surface area contributed by atoms with E-state index in [2.05, 4.69) is 25.6 Å². The number of hydrogen-bond donors (Lipinski definition) is 3. The Kier molecular flexibility index (Phi) is 6.39. The van der Waals surface area contributed by atoms with E-state index in [1.807, 2.05) is 18.4 Å². The van der Waals surface area contributed by atoms with Crippen molar-refractivity contribution >= 4 is 57.9 Å². The summed E-state index contributed by atoms with van der Waals surface area (Å²) in [6.07, 6.45) is 4.47. The molecule has 1 fully saturated rings. The summed E-state index contributed by atoms with van der Waals surface area (Å²) in [4.78, 5) is 25.3. The molecule has 0 radical (unpaired) electrons. The molecule has 0 spiro atoms. The van der Waals surface area contributed by atoms with Gasteiger partial charge in [-0.2, -0.15) is 4.98 Å². The molecule has 11 heteroatoms. The number of nitrogens with two attached hydrogens (primary N) is 1. The minimum atomic E-state index is -0.529. The van der Waals surface area contributed by atoms with Crippen molar-refractivity contribution in [2.75, 3.05) is 10.6 Å². The second kappa shape index (κ2) is 9.07. The molecule has 2 aromatic heterocycles. The van der Waals surface area contributed by atoms with Gasteiger partial charge in [-0.15, -0.1) is 0 Å². The highest BCUT2D eigenvalue weighted by atomic mass is 35.5. The summed E-state index contributed by atoms with van der Waals surface area (Å²) in [5, 5.41) is 6.64. The van der Waals surface area contributed by atoms with Crippen molar-refractivity contribution in [3.63, 3.8) is 0 Å². The molecule has 1 saturated carbocycles. The van der Waals surface area contributed by atoms with Crippen LogP contribution in [-0.4, -0.2) is 31.5 Å². The summed E-state index contributed by atoms with van der Waals surface area (Å²) >= 11 is 12.5. The molecule has 3 aromatic rings. The highest BCUT2D eigenvalue weighted by Gasteiger charge is 2.29. The summed E-state index contributed by atoms with van der Waals surface area (Å²) in [7, 11) is 0. The SMILES string of the molecule is CC(C)Nc1ncc2nc(Nc3c(Cl)cc(F)cc3Cl)n([C@H]3CC[C@H](C(N)=O)CC3)c2n1. The zero-order chi connectivity index (χ0) is 23.0.